The predicted octanol–water partition coefficient (Wildman–Crippen LogP) is 3.96. The standard InChI is InChI=1S/C24H29FN4O2/c1-29-11-14(25)9-15(12-29)26-24-22-18(10-16-7-8-20(22)31-16)23(27-28-24)21-17(13-5-6-13)3-2-4-19(21)30/h2-4,13-16,20,30H,5-12H2,1H3,(H,26,28)/t14-,15-,16-,20+/m1/s1. The Balaban J connectivity index is 1.44. The van der Waals surface area contributed by atoms with Crippen molar-refractivity contribution in [1.29, 1.82) is 0 Å². The van der Waals surface area contributed by atoms with Crippen LogP contribution in [0.15, 0.2) is 18.2 Å². The zero-order valence-electron chi connectivity index (χ0n) is 17.9. The second-order valence-corrected chi connectivity index (χ2v) is 9.73. The number of aromatic hydroxyl groups is 1. The number of fused-ring (bicyclic) bond motifs is 4. The van der Waals surface area contributed by atoms with Crippen molar-refractivity contribution in [2.24, 2.45) is 0 Å². The summed E-state index contributed by atoms with van der Waals surface area (Å²) < 4.78 is 20.4. The Bertz CT molecular complexity index is 1000. The maximum atomic E-state index is 14.2. The first-order valence-corrected chi connectivity index (χ1v) is 11.5. The van der Waals surface area contributed by atoms with E-state index in [1.165, 1.54) is 5.56 Å². The molecule has 4 atom stereocenters. The molecule has 164 valence electrons. The number of anilines is 1. The Labute approximate surface area is 181 Å². The average molecular weight is 425 g/mol. The number of alkyl halides is 1. The number of aromatic nitrogens is 2. The molecule has 2 N–H and O–H groups in total. The second-order valence-electron chi connectivity index (χ2n) is 9.73. The van der Waals surface area contributed by atoms with Crippen LogP contribution in [0.3, 0.4) is 0 Å². The fraction of sp³-hybridized carbons (Fsp3) is 0.583. The molecule has 1 aromatic heterocycles. The van der Waals surface area contributed by atoms with Gasteiger partial charge in [-0.3, -0.25) is 0 Å². The van der Waals surface area contributed by atoms with E-state index < -0.39 is 6.17 Å². The van der Waals surface area contributed by atoms with E-state index in [1.54, 1.807) is 6.07 Å². The van der Waals surface area contributed by atoms with Crippen LogP contribution in [0.4, 0.5) is 10.2 Å². The number of likely N-dealkylation sites (N-methyl/N-ethyl adjacent to an activating group) is 1. The van der Waals surface area contributed by atoms with Gasteiger partial charge in [0.25, 0.3) is 0 Å². The van der Waals surface area contributed by atoms with Crippen molar-refractivity contribution in [1.82, 2.24) is 15.1 Å². The summed E-state index contributed by atoms with van der Waals surface area (Å²) in [5, 5.41) is 23.6. The number of hydrogen-bond acceptors (Lipinski definition) is 6. The number of halogens is 1. The molecule has 1 aromatic carbocycles. The number of likely N-dealkylation sites (tertiary alicyclic amines) is 1. The number of benzene rings is 1. The molecule has 1 aliphatic carbocycles. The molecule has 6 nitrogen and oxygen atoms in total. The van der Waals surface area contributed by atoms with Gasteiger partial charge in [0.2, 0.25) is 0 Å². The van der Waals surface area contributed by atoms with E-state index in [4.69, 9.17) is 4.74 Å². The van der Waals surface area contributed by atoms with Crippen molar-refractivity contribution in [3.05, 3.63) is 34.9 Å². The number of phenols is 1. The molecule has 2 saturated heterocycles. The van der Waals surface area contributed by atoms with Crippen molar-refractivity contribution in [3.8, 4) is 17.0 Å². The lowest BCUT2D eigenvalue weighted by Crippen LogP contribution is -2.45. The molecular formula is C24H29FN4O2. The summed E-state index contributed by atoms with van der Waals surface area (Å²) >= 11 is 0. The lowest BCUT2D eigenvalue weighted by molar-refractivity contribution is 0.0325. The highest BCUT2D eigenvalue weighted by Crippen LogP contribution is 2.51. The normalized spacial score (nSPS) is 30.3. The van der Waals surface area contributed by atoms with Crippen LogP contribution in [0.5, 0.6) is 5.75 Å². The number of hydrogen-bond donors (Lipinski definition) is 2. The summed E-state index contributed by atoms with van der Waals surface area (Å²) in [6, 6.07) is 5.76. The minimum absolute atomic E-state index is 0.00993. The maximum Gasteiger partial charge on any atom is 0.155 e. The van der Waals surface area contributed by atoms with Crippen LogP contribution >= 0.6 is 0 Å². The molecule has 7 heteroatoms. The van der Waals surface area contributed by atoms with E-state index in [2.05, 4.69) is 21.6 Å². The van der Waals surface area contributed by atoms with E-state index in [0.717, 1.165) is 66.9 Å². The van der Waals surface area contributed by atoms with Gasteiger partial charge in [0, 0.05) is 43.1 Å². The Kier molecular flexibility index (Phi) is 4.65. The molecule has 0 unspecified atom stereocenters. The van der Waals surface area contributed by atoms with Crippen molar-refractivity contribution in [2.75, 3.05) is 25.5 Å². The third-order valence-corrected chi connectivity index (χ3v) is 7.23. The largest absolute Gasteiger partial charge is 0.507 e. The van der Waals surface area contributed by atoms with Crippen LogP contribution in [-0.4, -0.2) is 58.7 Å². The van der Waals surface area contributed by atoms with Crippen LogP contribution in [0.25, 0.3) is 11.3 Å². The van der Waals surface area contributed by atoms with E-state index in [9.17, 15) is 9.50 Å². The van der Waals surface area contributed by atoms with Crippen molar-refractivity contribution < 1.29 is 14.2 Å². The minimum Gasteiger partial charge on any atom is -0.507 e. The average Bonchev–Trinajstić information content (AvgIpc) is 3.51. The van der Waals surface area contributed by atoms with E-state index >= 15 is 0 Å². The molecule has 31 heavy (non-hydrogen) atoms. The molecule has 0 spiro atoms. The van der Waals surface area contributed by atoms with E-state index in [0.29, 0.717) is 18.9 Å². The van der Waals surface area contributed by atoms with Gasteiger partial charge in [-0.25, -0.2) is 4.39 Å². The first-order valence-electron chi connectivity index (χ1n) is 11.5. The summed E-state index contributed by atoms with van der Waals surface area (Å²) in [6.45, 7) is 1.25. The van der Waals surface area contributed by atoms with Crippen LogP contribution in [0, 0.1) is 0 Å². The van der Waals surface area contributed by atoms with Gasteiger partial charge in [-0.15, -0.1) is 10.2 Å². The molecule has 6 rings (SSSR count). The molecule has 0 radical (unpaired) electrons. The van der Waals surface area contributed by atoms with Gasteiger partial charge in [0.1, 0.15) is 17.6 Å². The topological polar surface area (TPSA) is 70.5 Å². The van der Waals surface area contributed by atoms with Crippen molar-refractivity contribution in [2.45, 2.75) is 68.9 Å². The lowest BCUT2D eigenvalue weighted by Gasteiger charge is -2.34. The highest BCUT2D eigenvalue weighted by atomic mass is 19.1. The predicted molar refractivity (Wildman–Crippen MR) is 116 cm³/mol. The summed E-state index contributed by atoms with van der Waals surface area (Å²) in [4.78, 5) is 2.02. The van der Waals surface area contributed by atoms with Crippen LogP contribution in [-0.2, 0) is 11.2 Å². The number of nitrogens with one attached hydrogen (secondary N) is 1. The fourth-order valence-electron chi connectivity index (χ4n) is 5.74. The van der Waals surface area contributed by atoms with Gasteiger partial charge in [-0.1, -0.05) is 12.1 Å². The van der Waals surface area contributed by atoms with E-state index in [-0.39, 0.29) is 24.0 Å². The van der Waals surface area contributed by atoms with Crippen LogP contribution in [0.2, 0.25) is 0 Å². The van der Waals surface area contributed by atoms with Crippen molar-refractivity contribution >= 4 is 5.82 Å². The van der Waals surface area contributed by atoms with Crippen LogP contribution in [0.1, 0.15) is 60.8 Å². The lowest BCUT2D eigenvalue weighted by atomic mass is 9.90. The number of rotatable bonds is 4. The molecular weight excluding hydrogens is 395 g/mol. The van der Waals surface area contributed by atoms with Crippen LogP contribution < -0.4 is 5.32 Å². The van der Waals surface area contributed by atoms with Gasteiger partial charge in [0.15, 0.2) is 5.82 Å². The molecule has 2 bridgehead atoms. The Hall–Kier alpha value is -2.25. The SMILES string of the molecule is CN1C[C@H](F)C[C@@H](Nc2nnc(-c3c(O)cccc3C3CC3)c3c2[C@@H]2CC[C@H](C3)O2)C1. The molecule has 2 aromatic rings. The highest BCUT2D eigenvalue weighted by molar-refractivity contribution is 5.77. The number of ether oxygens (including phenoxy) is 1. The van der Waals surface area contributed by atoms with Crippen molar-refractivity contribution in [3.63, 3.8) is 0 Å². The maximum absolute atomic E-state index is 14.2. The summed E-state index contributed by atoms with van der Waals surface area (Å²) in [5.41, 5.74) is 5.01. The molecule has 0 amide bonds. The highest BCUT2D eigenvalue weighted by Gasteiger charge is 2.40. The van der Waals surface area contributed by atoms with Gasteiger partial charge in [0.05, 0.1) is 12.2 Å². The summed E-state index contributed by atoms with van der Waals surface area (Å²) in [6.07, 6.45) is 4.88. The van der Waals surface area contributed by atoms with Gasteiger partial charge >= 0.3 is 0 Å². The Morgan fingerprint density at radius 3 is 2.84 bits per heavy atom. The monoisotopic (exact) mass is 424 g/mol. The molecule has 1 saturated carbocycles. The second kappa shape index (κ2) is 7.41. The van der Waals surface area contributed by atoms with Gasteiger partial charge in [-0.2, -0.15) is 0 Å². The number of phenolic OH excluding ortho intramolecular Hbond substituents is 1. The molecule has 4 aliphatic rings. The zero-order chi connectivity index (χ0) is 21.1. The Morgan fingerprint density at radius 1 is 1.16 bits per heavy atom. The molecule has 4 heterocycles. The minimum atomic E-state index is -0.839. The third-order valence-electron chi connectivity index (χ3n) is 7.23. The smallest absolute Gasteiger partial charge is 0.155 e. The first kappa shape index (κ1) is 19.4. The third kappa shape index (κ3) is 3.48. The Morgan fingerprint density at radius 2 is 2.03 bits per heavy atom. The first-order chi connectivity index (χ1) is 15.1. The quantitative estimate of drug-likeness (QED) is 0.774. The molecule has 3 fully saturated rings. The fourth-order valence-corrected chi connectivity index (χ4v) is 5.74. The summed E-state index contributed by atoms with van der Waals surface area (Å²) in [5.74, 6) is 1.49. The molecule has 3 aliphatic heterocycles. The zero-order valence-corrected chi connectivity index (χ0v) is 17.9. The van der Waals surface area contributed by atoms with E-state index in [1.807, 2.05) is 18.0 Å². The van der Waals surface area contributed by atoms with Gasteiger partial charge < -0.3 is 20.1 Å². The summed E-state index contributed by atoms with van der Waals surface area (Å²) in [7, 11) is 1.95. The van der Waals surface area contributed by atoms with Gasteiger partial charge in [-0.05, 0) is 55.8 Å². The number of piperidine rings is 1. The number of nitrogens with zero attached hydrogens (tertiary/aromatic N) is 3.